The Morgan fingerprint density at radius 2 is 0.739 bits per heavy atom. The molecule has 4 heteroatoms. The van der Waals surface area contributed by atoms with Gasteiger partial charge in [0, 0.05) is 0 Å². The zero-order valence-corrected chi connectivity index (χ0v) is 21.4. The molecule has 23 heavy (non-hydrogen) atoms. The van der Waals surface area contributed by atoms with Crippen LogP contribution in [0.1, 0.15) is 59.3 Å². The molecule has 0 saturated heterocycles. The number of unbranched alkanes of at least 4 members (excludes halogenated alkanes) is 3. The first-order valence-corrected chi connectivity index (χ1v) is 19.6. The van der Waals surface area contributed by atoms with Gasteiger partial charge in [-0.25, -0.2) is 0 Å². The Morgan fingerprint density at radius 1 is 0.522 bits per heavy atom. The van der Waals surface area contributed by atoms with Gasteiger partial charge in [0.1, 0.15) is 0 Å². The predicted octanol–water partition coefficient (Wildman–Crippen LogP) is 4.71. The SMILES string of the molecule is CCCC[Si](C)(C)[C-]([Si](C)(C)CCCC)[Si](C)(C)CCCC.[Li+]. The van der Waals surface area contributed by atoms with Crippen LogP contribution in [0.25, 0.3) is 0 Å². The normalized spacial score (nSPS) is 13.3. The molecule has 0 heterocycles. The molecular weight excluding hydrogens is 319 g/mol. The minimum Gasteiger partial charge on any atom is -0.310 e. The van der Waals surface area contributed by atoms with E-state index in [0.717, 1.165) is 0 Å². The molecule has 0 rings (SSSR count). The smallest absolute Gasteiger partial charge is 0.310 e. The second-order valence-corrected chi connectivity index (χ2v) is 25.1. The van der Waals surface area contributed by atoms with Crippen molar-refractivity contribution in [3.8, 4) is 0 Å². The molecule has 0 aromatic rings. The molecular formula is C19H45LiSi3. The van der Waals surface area contributed by atoms with E-state index in [0.29, 0.717) is 0 Å². The summed E-state index contributed by atoms with van der Waals surface area (Å²) in [6, 6.07) is 4.64. The maximum atomic E-state index is 2.72. The molecule has 0 bridgehead atoms. The summed E-state index contributed by atoms with van der Waals surface area (Å²) in [6.45, 7) is 23.4. The van der Waals surface area contributed by atoms with Crippen molar-refractivity contribution in [1.29, 1.82) is 0 Å². The second-order valence-electron chi connectivity index (χ2n) is 9.34. The molecule has 0 fully saturated rings. The number of hydrogen-bond donors (Lipinski definition) is 0. The average Bonchev–Trinajstić information content (AvgIpc) is 2.39. The Bertz CT molecular complexity index is 253. The van der Waals surface area contributed by atoms with Crippen molar-refractivity contribution in [2.45, 2.75) is 117 Å². The van der Waals surface area contributed by atoms with E-state index in [1.165, 1.54) is 38.5 Å². The van der Waals surface area contributed by atoms with Crippen LogP contribution in [0.3, 0.4) is 0 Å². The molecule has 0 amide bonds. The Balaban J connectivity index is 0. The second kappa shape index (κ2) is 11.8. The number of hydrogen-bond acceptors (Lipinski definition) is 0. The summed E-state index contributed by atoms with van der Waals surface area (Å²) in [5.41, 5.74) is 0. The number of rotatable bonds is 12. The van der Waals surface area contributed by atoms with E-state index in [-0.39, 0.29) is 18.9 Å². The fraction of sp³-hybridized carbons (Fsp3) is 0.947. The zero-order chi connectivity index (χ0) is 17.4. The average molecular weight is 365 g/mol. The first-order chi connectivity index (χ1) is 10.0. The fourth-order valence-corrected chi connectivity index (χ4v) is 33.7. The quantitative estimate of drug-likeness (QED) is 0.347. The molecule has 0 aromatic carbocycles. The predicted molar refractivity (Wildman–Crippen MR) is 115 cm³/mol. The summed E-state index contributed by atoms with van der Waals surface area (Å²) in [5, 5.41) is 0. The van der Waals surface area contributed by atoms with Crippen LogP contribution in [0, 0.1) is 4.79 Å². The molecule has 0 aliphatic carbocycles. The van der Waals surface area contributed by atoms with Gasteiger partial charge < -0.3 is 4.79 Å². The van der Waals surface area contributed by atoms with Gasteiger partial charge in [-0.2, -0.15) is 0 Å². The zero-order valence-electron chi connectivity index (χ0n) is 18.4. The molecule has 0 saturated carbocycles. The van der Waals surface area contributed by atoms with Crippen molar-refractivity contribution in [2.75, 3.05) is 0 Å². The first kappa shape index (κ1) is 26.5. The summed E-state index contributed by atoms with van der Waals surface area (Å²) < 4.78 is 0. The van der Waals surface area contributed by atoms with E-state index in [1.54, 1.807) is 18.1 Å². The van der Waals surface area contributed by atoms with Crippen molar-refractivity contribution in [1.82, 2.24) is 0 Å². The monoisotopic (exact) mass is 364 g/mol. The Labute approximate surface area is 164 Å². The molecule has 0 radical (unpaired) electrons. The van der Waals surface area contributed by atoms with E-state index < -0.39 is 24.2 Å². The minimum absolute atomic E-state index is 0. The van der Waals surface area contributed by atoms with Crippen LogP contribution in [0.2, 0.25) is 57.4 Å². The van der Waals surface area contributed by atoms with Gasteiger partial charge >= 0.3 is 18.9 Å². The van der Waals surface area contributed by atoms with Gasteiger partial charge in [-0.05, 0) is 0 Å². The molecule has 0 atom stereocenters. The first-order valence-electron chi connectivity index (χ1n) is 9.93. The van der Waals surface area contributed by atoms with Gasteiger partial charge in [-0.1, -0.05) is 141 Å². The van der Waals surface area contributed by atoms with Crippen molar-refractivity contribution in [3.63, 3.8) is 0 Å². The summed E-state index contributed by atoms with van der Waals surface area (Å²) in [5.74, 6) is 0. The molecule has 0 aliphatic rings. The van der Waals surface area contributed by atoms with Crippen molar-refractivity contribution in [2.24, 2.45) is 0 Å². The van der Waals surface area contributed by atoms with Crippen molar-refractivity contribution in [3.05, 3.63) is 4.79 Å². The van der Waals surface area contributed by atoms with Crippen LogP contribution in [0.5, 0.6) is 0 Å². The van der Waals surface area contributed by atoms with Gasteiger partial charge in [0.2, 0.25) is 0 Å². The van der Waals surface area contributed by atoms with Crippen molar-refractivity contribution >= 4 is 24.2 Å². The summed E-state index contributed by atoms with van der Waals surface area (Å²) >= 11 is 0. The van der Waals surface area contributed by atoms with Crippen LogP contribution < -0.4 is 18.9 Å². The minimum atomic E-state index is -1.18. The van der Waals surface area contributed by atoms with Gasteiger partial charge in [-0.3, -0.25) is 0 Å². The van der Waals surface area contributed by atoms with E-state index in [9.17, 15) is 0 Å². The molecule has 0 nitrogen and oxygen atoms in total. The molecule has 0 spiro atoms. The molecule has 0 unspecified atom stereocenters. The largest absolute Gasteiger partial charge is 1.00 e. The van der Waals surface area contributed by atoms with Crippen LogP contribution in [0.15, 0.2) is 0 Å². The summed E-state index contributed by atoms with van der Waals surface area (Å²) in [7, 11) is -3.55. The van der Waals surface area contributed by atoms with Crippen LogP contribution in [-0.4, -0.2) is 24.2 Å². The van der Waals surface area contributed by atoms with E-state index >= 15 is 0 Å². The Hall–Kier alpha value is 1.25. The van der Waals surface area contributed by atoms with Crippen LogP contribution in [-0.2, 0) is 0 Å². The molecule has 0 N–H and O–H groups in total. The third kappa shape index (κ3) is 8.95. The molecule has 134 valence electrons. The Kier molecular flexibility index (Phi) is 13.6. The standard InChI is InChI=1S/C19H45Si3.Li/c1-10-13-16-20(4,5)19(21(6,7)17-14-11-2)22(8,9)18-15-12-3;/h10-18H2,1-9H3;/q-1;+1. The van der Waals surface area contributed by atoms with Gasteiger partial charge in [0.15, 0.2) is 0 Å². The van der Waals surface area contributed by atoms with Gasteiger partial charge in [0.25, 0.3) is 0 Å². The topological polar surface area (TPSA) is 0 Å². The Morgan fingerprint density at radius 3 is 0.913 bits per heavy atom. The third-order valence-electron chi connectivity index (χ3n) is 5.50. The maximum absolute atomic E-state index is 2.72. The van der Waals surface area contributed by atoms with Gasteiger partial charge in [-0.15, -0.1) is 0 Å². The van der Waals surface area contributed by atoms with E-state index in [2.05, 4.69) is 64.8 Å². The maximum Gasteiger partial charge on any atom is 1.00 e. The van der Waals surface area contributed by atoms with Crippen LogP contribution >= 0.6 is 0 Å². The third-order valence-corrected chi connectivity index (χ3v) is 26.5. The van der Waals surface area contributed by atoms with Gasteiger partial charge in [0.05, 0.1) is 0 Å². The molecule has 0 aromatic heterocycles. The molecule has 0 aliphatic heterocycles. The summed E-state index contributed by atoms with van der Waals surface area (Å²) in [6.07, 6.45) is 8.49. The van der Waals surface area contributed by atoms with E-state index in [1.807, 2.05) is 0 Å². The van der Waals surface area contributed by atoms with Crippen molar-refractivity contribution < 1.29 is 18.9 Å². The fourth-order valence-electron chi connectivity index (χ4n) is 4.98. The van der Waals surface area contributed by atoms with E-state index in [4.69, 9.17) is 0 Å². The summed E-state index contributed by atoms with van der Waals surface area (Å²) in [4.78, 5) is 2.25. The van der Waals surface area contributed by atoms with Crippen LogP contribution in [0.4, 0.5) is 0 Å².